The molecule has 0 aliphatic carbocycles. The van der Waals surface area contributed by atoms with Crippen molar-refractivity contribution in [3.8, 4) is 5.88 Å². The number of hydrogen-bond acceptors (Lipinski definition) is 4. The van der Waals surface area contributed by atoms with Gasteiger partial charge in [0.05, 0.1) is 12.3 Å². The van der Waals surface area contributed by atoms with E-state index in [2.05, 4.69) is 27.9 Å². The third-order valence-corrected chi connectivity index (χ3v) is 4.22. The molecule has 108 valence electrons. The molecular formula is C16H23N3O. The molecule has 4 nitrogen and oxygen atoms in total. The Kier molecular flexibility index (Phi) is 4.31. The van der Waals surface area contributed by atoms with E-state index in [9.17, 15) is 0 Å². The lowest BCUT2D eigenvalue weighted by molar-refractivity contribution is 0.226. The van der Waals surface area contributed by atoms with Crippen molar-refractivity contribution in [3.05, 3.63) is 23.4 Å². The van der Waals surface area contributed by atoms with Crippen molar-refractivity contribution in [1.29, 1.82) is 0 Å². The first-order valence-electron chi connectivity index (χ1n) is 7.69. The number of ether oxygens (including phenoxy) is 1. The van der Waals surface area contributed by atoms with Crippen molar-refractivity contribution in [2.75, 3.05) is 26.2 Å². The highest BCUT2D eigenvalue weighted by Gasteiger charge is 2.19. The van der Waals surface area contributed by atoms with Gasteiger partial charge in [0.15, 0.2) is 0 Å². The molecule has 1 aromatic rings. The SMILES string of the molecule is C[C@@H]1CCCN1CCCOc1ccc2c(n1)CCN=C2. The van der Waals surface area contributed by atoms with Crippen LogP contribution in [0.5, 0.6) is 5.88 Å². The van der Waals surface area contributed by atoms with Gasteiger partial charge in [-0.15, -0.1) is 0 Å². The highest BCUT2D eigenvalue weighted by Crippen LogP contribution is 2.17. The zero-order chi connectivity index (χ0) is 13.8. The topological polar surface area (TPSA) is 37.7 Å². The second kappa shape index (κ2) is 6.35. The lowest BCUT2D eigenvalue weighted by atomic mass is 10.1. The second-order valence-electron chi connectivity index (χ2n) is 5.70. The minimum absolute atomic E-state index is 0.746. The molecule has 1 aromatic heterocycles. The zero-order valence-electron chi connectivity index (χ0n) is 12.2. The van der Waals surface area contributed by atoms with Crippen molar-refractivity contribution in [1.82, 2.24) is 9.88 Å². The summed E-state index contributed by atoms with van der Waals surface area (Å²) in [4.78, 5) is 11.4. The van der Waals surface area contributed by atoms with Crippen LogP contribution >= 0.6 is 0 Å². The summed E-state index contributed by atoms with van der Waals surface area (Å²) >= 11 is 0. The fourth-order valence-corrected chi connectivity index (χ4v) is 2.99. The molecule has 2 aliphatic heterocycles. The molecule has 0 amide bonds. The Morgan fingerprint density at radius 3 is 3.20 bits per heavy atom. The van der Waals surface area contributed by atoms with Gasteiger partial charge >= 0.3 is 0 Å². The number of pyridine rings is 1. The maximum Gasteiger partial charge on any atom is 0.213 e. The molecule has 2 aliphatic rings. The van der Waals surface area contributed by atoms with Crippen molar-refractivity contribution < 1.29 is 4.74 Å². The van der Waals surface area contributed by atoms with Crippen LogP contribution < -0.4 is 4.74 Å². The first-order chi connectivity index (χ1) is 9.83. The Morgan fingerprint density at radius 2 is 2.35 bits per heavy atom. The Morgan fingerprint density at radius 1 is 1.40 bits per heavy atom. The molecule has 3 heterocycles. The quantitative estimate of drug-likeness (QED) is 0.773. The number of aromatic nitrogens is 1. The number of nitrogens with zero attached hydrogens (tertiary/aromatic N) is 3. The highest BCUT2D eigenvalue weighted by molar-refractivity contribution is 5.82. The molecule has 0 aromatic carbocycles. The van der Waals surface area contributed by atoms with Gasteiger partial charge in [0.25, 0.3) is 0 Å². The van der Waals surface area contributed by atoms with Crippen molar-refractivity contribution in [3.63, 3.8) is 0 Å². The summed E-state index contributed by atoms with van der Waals surface area (Å²) in [7, 11) is 0. The van der Waals surface area contributed by atoms with Gasteiger partial charge < -0.3 is 9.64 Å². The Hall–Kier alpha value is -1.42. The number of fused-ring (bicyclic) bond motifs is 1. The molecule has 0 N–H and O–H groups in total. The average Bonchev–Trinajstić information content (AvgIpc) is 2.89. The molecule has 1 saturated heterocycles. The van der Waals surface area contributed by atoms with Crippen LogP contribution in [-0.2, 0) is 6.42 Å². The summed E-state index contributed by atoms with van der Waals surface area (Å²) < 4.78 is 5.78. The van der Waals surface area contributed by atoms with E-state index in [1.165, 1.54) is 19.4 Å². The highest BCUT2D eigenvalue weighted by atomic mass is 16.5. The second-order valence-corrected chi connectivity index (χ2v) is 5.70. The maximum absolute atomic E-state index is 5.78. The summed E-state index contributed by atoms with van der Waals surface area (Å²) in [6, 6.07) is 4.76. The molecule has 1 fully saturated rings. The molecule has 20 heavy (non-hydrogen) atoms. The average molecular weight is 273 g/mol. The van der Waals surface area contributed by atoms with E-state index in [-0.39, 0.29) is 0 Å². The first kappa shape index (κ1) is 13.6. The zero-order valence-corrected chi connectivity index (χ0v) is 12.2. The summed E-state index contributed by atoms with van der Waals surface area (Å²) in [5.74, 6) is 0.758. The van der Waals surface area contributed by atoms with Crippen LogP contribution in [0.15, 0.2) is 17.1 Å². The predicted octanol–water partition coefficient (Wildman–Crippen LogP) is 2.31. The molecule has 0 unspecified atom stereocenters. The lowest BCUT2D eigenvalue weighted by Gasteiger charge is -2.20. The molecule has 0 spiro atoms. The number of likely N-dealkylation sites (tertiary alicyclic amines) is 1. The third kappa shape index (κ3) is 3.18. The molecule has 3 rings (SSSR count). The molecular weight excluding hydrogens is 250 g/mol. The van der Waals surface area contributed by atoms with Gasteiger partial charge in [0.1, 0.15) is 0 Å². The maximum atomic E-state index is 5.78. The van der Waals surface area contributed by atoms with Crippen molar-refractivity contribution in [2.45, 2.75) is 38.6 Å². The first-order valence-corrected chi connectivity index (χ1v) is 7.69. The molecule has 1 atom stereocenters. The van der Waals surface area contributed by atoms with E-state index in [4.69, 9.17) is 4.74 Å². The monoisotopic (exact) mass is 273 g/mol. The van der Waals surface area contributed by atoms with Gasteiger partial charge in [0, 0.05) is 43.4 Å². The summed E-state index contributed by atoms with van der Waals surface area (Å²) in [6.07, 6.45) is 6.59. The smallest absolute Gasteiger partial charge is 0.213 e. The van der Waals surface area contributed by atoms with Gasteiger partial charge in [-0.25, -0.2) is 4.98 Å². The minimum atomic E-state index is 0.746. The predicted molar refractivity (Wildman–Crippen MR) is 80.8 cm³/mol. The van der Waals surface area contributed by atoms with Crippen LogP contribution in [0.4, 0.5) is 0 Å². The van der Waals surface area contributed by atoms with E-state index in [0.29, 0.717) is 0 Å². The van der Waals surface area contributed by atoms with Crippen LogP contribution in [-0.4, -0.2) is 48.4 Å². The van der Waals surface area contributed by atoms with Gasteiger partial charge in [-0.3, -0.25) is 4.99 Å². The standard InChI is InChI=1S/C16H23N3O/c1-13-4-2-9-19(13)10-3-11-20-16-6-5-14-12-17-8-7-15(14)18-16/h5-6,12-13H,2-4,7-11H2,1H3/t13-/m1/s1. The Bertz CT molecular complexity index is 487. The summed E-state index contributed by atoms with van der Waals surface area (Å²) in [5.41, 5.74) is 2.25. The normalized spacial score (nSPS) is 21.9. The van der Waals surface area contributed by atoms with E-state index in [0.717, 1.165) is 55.7 Å². The molecule has 0 radical (unpaired) electrons. The fraction of sp³-hybridized carbons (Fsp3) is 0.625. The van der Waals surface area contributed by atoms with Crippen LogP contribution in [0.25, 0.3) is 0 Å². The van der Waals surface area contributed by atoms with Crippen molar-refractivity contribution >= 4 is 6.21 Å². The van der Waals surface area contributed by atoms with Gasteiger partial charge in [-0.05, 0) is 38.8 Å². The molecule has 0 bridgehead atoms. The van der Waals surface area contributed by atoms with Gasteiger partial charge in [-0.2, -0.15) is 0 Å². The number of hydrogen-bond donors (Lipinski definition) is 0. The summed E-state index contributed by atoms with van der Waals surface area (Å²) in [5, 5.41) is 0. The largest absolute Gasteiger partial charge is 0.478 e. The number of rotatable bonds is 5. The molecule has 0 saturated carbocycles. The molecule has 4 heteroatoms. The third-order valence-electron chi connectivity index (χ3n) is 4.22. The van der Waals surface area contributed by atoms with Crippen LogP contribution in [0.3, 0.4) is 0 Å². The van der Waals surface area contributed by atoms with Crippen LogP contribution in [0.1, 0.15) is 37.4 Å². The van der Waals surface area contributed by atoms with Crippen LogP contribution in [0.2, 0.25) is 0 Å². The van der Waals surface area contributed by atoms with E-state index >= 15 is 0 Å². The van der Waals surface area contributed by atoms with Gasteiger partial charge in [0.2, 0.25) is 5.88 Å². The van der Waals surface area contributed by atoms with Crippen molar-refractivity contribution in [2.24, 2.45) is 4.99 Å². The lowest BCUT2D eigenvalue weighted by Crippen LogP contribution is -2.28. The van der Waals surface area contributed by atoms with Gasteiger partial charge in [-0.1, -0.05) is 0 Å². The fourth-order valence-electron chi connectivity index (χ4n) is 2.99. The number of aliphatic imine (C=N–C) groups is 1. The van der Waals surface area contributed by atoms with Crippen LogP contribution in [0, 0.1) is 0 Å². The van der Waals surface area contributed by atoms with E-state index in [1.807, 2.05) is 12.3 Å². The Labute approximate surface area is 120 Å². The van der Waals surface area contributed by atoms with E-state index < -0.39 is 0 Å². The van der Waals surface area contributed by atoms with E-state index in [1.54, 1.807) is 0 Å². The minimum Gasteiger partial charge on any atom is -0.478 e. The summed E-state index contributed by atoms with van der Waals surface area (Å²) in [6.45, 7) is 6.30. The Balaban J connectivity index is 1.45.